The first kappa shape index (κ1) is 23.0. The van der Waals surface area contributed by atoms with Crippen molar-refractivity contribution in [1.82, 2.24) is 19.7 Å². The number of amides is 2. The molecule has 0 saturated heterocycles. The number of aromatic nitrogens is 4. The summed E-state index contributed by atoms with van der Waals surface area (Å²) in [7, 11) is 0. The number of hydrogen-bond acceptors (Lipinski definition) is 6. The van der Waals surface area contributed by atoms with Gasteiger partial charge in [0.25, 0.3) is 0 Å². The number of anilines is 2. The van der Waals surface area contributed by atoms with Gasteiger partial charge in [0.05, 0.1) is 5.75 Å². The van der Waals surface area contributed by atoms with E-state index in [9.17, 15) is 9.59 Å². The molecule has 3 aromatic rings. The third kappa shape index (κ3) is 5.78. The second-order valence-electron chi connectivity index (χ2n) is 8.34. The van der Waals surface area contributed by atoms with E-state index < -0.39 is 0 Å². The Morgan fingerprint density at radius 1 is 1.06 bits per heavy atom. The molecule has 1 saturated carbocycles. The van der Waals surface area contributed by atoms with E-state index in [1.54, 1.807) is 36.7 Å². The Kier molecular flexibility index (Phi) is 7.39. The minimum absolute atomic E-state index is 0.124. The summed E-state index contributed by atoms with van der Waals surface area (Å²) in [5, 5.41) is 15.3. The molecule has 172 valence electrons. The van der Waals surface area contributed by atoms with Crippen LogP contribution >= 0.6 is 11.8 Å². The van der Waals surface area contributed by atoms with Gasteiger partial charge in [0.2, 0.25) is 11.8 Å². The van der Waals surface area contributed by atoms with Crippen molar-refractivity contribution < 1.29 is 9.59 Å². The zero-order valence-corrected chi connectivity index (χ0v) is 19.6. The average molecular weight is 465 g/mol. The van der Waals surface area contributed by atoms with Gasteiger partial charge in [0.1, 0.15) is 0 Å². The lowest BCUT2D eigenvalue weighted by Crippen LogP contribution is -2.23. The van der Waals surface area contributed by atoms with Crippen molar-refractivity contribution in [3.8, 4) is 11.4 Å². The maximum absolute atomic E-state index is 12.6. The van der Waals surface area contributed by atoms with E-state index in [4.69, 9.17) is 0 Å². The summed E-state index contributed by atoms with van der Waals surface area (Å²) in [6.45, 7) is 3.74. The molecule has 2 heterocycles. The van der Waals surface area contributed by atoms with E-state index in [1.807, 2.05) is 12.1 Å². The summed E-state index contributed by atoms with van der Waals surface area (Å²) in [4.78, 5) is 28.0. The number of hydrogen-bond donors (Lipinski definition) is 2. The molecule has 1 aromatic carbocycles. The van der Waals surface area contributed by atoms with E-state index in [2.05, 4.69) is 37.3 Å². The molecule has 4 rings (SSSR count). The van der Waals surface area contributed by atoms with Crippen LogP contribution in [0.4, 0.5) is 11.4 Å². The maximum atomic E-state index is 12.6. The minimum Gasteiger partial charge on any atom is -0.326 e. The third-order valence-corrected chi connectivity index (χ3v) is 6.75. The first-order chi connectivity index (χ1) is 16.0. The summed E-state index contributed by atoms with van der Waals surface area (Å²) >= 11 is 1.40. The molecule has 1 fully saturated rings. The highest BCUT2D eigenvalue weighted by Crippen LogP contribution is 2.38. The van der Waals surface area contributed by atoms with Gasteiger partial charge in [0.15, 0.2) is 11.0 Å². The van der Waals surface area contributed by atoms with Crippen LogP contribution in [0.5, 0.6) is 0 Å². The van der Waals surface area contributed by atoms with Gasteiger partial charge >= 0.3 is 0 Å². The summed E-state index contributed by atoms with van der Waals surface area (Å²) in [6.07, 6.45) is 8.23. The normalized spacial score (nSPS) is 18.0. The van der Waals surface area contributed by atoms with Gasteiger partial charge in [-0.2, -0.15) is 0 Å². The molecule has 0 spiro atoms. The lowest BCUT2D eigenvalue weighted by atomic mass is 9.85. The molecule has 0 bridgehead atoms. The molecule has 2 N–H and O–H groups in total. The molecule has 2 aromatic heterocycles. The molecule has 9 heteroatoms. The molecule has 1 aliphatic rings. The van der Waals surface area contributed by atoms with Gasteiger partial charge in [-0.25, -0.2) is 0 Å². The van der Waals surface area contributed by atoms with Crippen LogP contribution in [-0.2, 0) is 9.59 Å². The second-order valence-corrected chi connectivity index (χ2v) is 9.28. The highest BCUT2D eigenvalue weighted by atomic mass is 32.2. The predicted octanol–water partition coefficient (Wildman–Crippen LogP) is 4.78. The lowest BCUT2D eigenvalue weighted by Gasteiger charge is -2.31. The number of nitrogens with zero attached hydrogens (tertiary/aromatic N) is 4. The fraction of sp³-hybridized carbons (Fsp3) is 0.375. The Morgan fingerprint density at radius 2 is 1.79 bits per heavy atom. The Bertz CT molecular complexity index is 1100. The van der Waals surface area contributed by atoms with E-state index in [-0.39, 0.29) is 17.6 Å². The zero-order chi connectivity index (χ0) is 23.2. The number of carbonyl (C=O) groups excluding carboxylic acids is 2. The van der Waals surface area contributed by atoms with Gasteiger partial charge < -0.3 is 10.6 Å². The SMILES string of the molecule is CC(=O)Nc1ccc(NC(=O)CSc2nnc(-c3cccnc3)n2C2CCCCC2C)cc1. The van der Waals surface area contributed by atoms with E-state index in [1.165, 1.54) is 37.9 Å². The molecule has 2 amide bonds. The van der Waals surface area contributed by atoms with Crippen molar-refractivity contribution in [3.63, 3.8) is 0 Å². The van der Waals surface area contributed by atoms with Crippen LogP contribution in [0.2, 0.25) is 0 Å². The number of pyridine rings is 1. The average Bonchev–Trinajstić information content (AvgIpc) is 3.23. The van der Waals surface area contributed by atoms with Crippen molar-refractivity contribution in [1.29, 1.82) is 0 Å². The van der Waals surface area contributed by atoms with Gasteiger partial charge in [-0.1, -0.05) is 31.5 Å². The number of nitrogens with one attached hydrogen (secondary N) is 2. The molecule has 1 aliphatic carbocycles. The standard InChI is InChI=1S/C24H28N6O2S/c1-16-6-3-4-8-21(16)30-23(18-7-5-13-25-14-18)28-29-24(30)33-15-22(32)27-20-11-9-19(10-12-20)26-17(2)31/h5,7,9-14,16,21H,3-4,6,8,15H2,1-2H3,(H,26,31)(H,27,32). The fourth-order valence-electron chi connectivity index (χ4n) is 4.21. The monoisotopic (exact) mass is 464 g/mol. The van der Waals surface area contributed by atoms with Crippen molar-refractivity contribution in [2.45, 2.75) is 50.7 Å². The van der Waals surface area contributed by atoms with Crippen LogP contribution < -0.4 is 10.6 Å². The molecule has 2 unspecified atom stereocenters. The Morgan fingerprint density at radius 3 is 2.45 bits per heavy atom. The summed E-state index contributed by atoms with van der Waals surface area (Å²) in [5.41, 5.74) is 2.29. The predicted molar refractivity (Wildman–Crippen MR) is 130 cm³/mol. The molecule has 8 nitrogen and oxygen atoms in total. The Balaban J connectivity index is 1.48. The van der Waals surface area contributed by atoms with Crippen LogP contribution in [0.15, 0.2) is 53.9 Å². The topological polar surface area (TPSA) is 102 Å². The number of carbonyl (C=O) groups is 2. The minimum atomic E-state index is -0.134. The van der Waals surface area contributed by atoms with Crippen LogP contribution in [0, 0.1) is 5.92 Å². The van der Waals surface area contributed by atoms with Gasteiger partial charge in [-0.05, 0) is 55.2 Å². The van der Waals surface area contributed by atoms with Crippen LogP contribution in [0.25, 0.3) is 11.4 Å². The molecule has 0 aliphatic heterocycles. The van der Waals surface area contributed by atoms with Crippen LogP contribution in [0.1, 0.15) is 45.6 Å². The van der Waals surface area contributed by atoms with Gasteiger partial charge in [0, 0.05) is 42.3 Å². The summed E-state index contributed by atoms with van der Waals surface area (Å²) in [5.74, 6) is 1.28. The van der Waals surface area contributed by atoms with Crippen molar-refractivity contribution in [2.75, 3.05) is 16.4 Å². The second kappa shape index (κ2) is 10.6. The number of thioether (sulfide) groups is 1. The van der Waals surface area contributed by atoms with E-state index >= 15 is 0 Å². The molecule has 0 radical (unpaired) electrons. The molecule has 2 atom stereocenters. The third-order valence-electron chi connectivity index (χ3n) is 5.80. The Labute approximate surface area is 197 Å². The lowest BCUT2D eigenvalue weighted by molar-refractivity contribution is -0.114. The zero-order valence-electron chi connectivity index (χ0n) is 18.8. The number of rotatable bonds is 7. The molecule has 33 heavy (non-hydrogen) atoms. The van der Waals surface area contributed by atoms with Crippen LogP contribution in [0.3, 0.4) is 0 Å². The van der Waals surface area contributed by atoms with E-state index in [0.29, 0.717) is 23.3 Å². The Hall–Kier alpha value is -3.20. The fourth-order valence-corrected chi connectivity index (χ4v) is 5.01. The first-order valence-corrected chi connectivity index (χ1v) is 12.2. The molecular weight excluding hydrogens is 436 g/mol. The van der Waals surface area contributed by atoms with Crippen molar-refractivity contribution in [3.05, 3.63) is 48.8 Å². The van der Waals surface area contributed by atoms with Crippen molar-refractivity contribution >= 4 is 35.0 Å². The van der Waals surface area contributed by atoms with Gasteiger partial charge in [-0.15, -0.1) is 10.2 Å². The maximum Gasteiger partial charge on any atom is 0.234 e. The highest BCUT2D eigenvalue weighted by molar-refractivity contribution is 7.99. The highest BCUT2D eigenvalue weighted by Gasteiger charge is 2.29. The summed E-state index contributed by atoms with van der Waals surface area (Å²) in [6, 6.07) is 11.2. The van der Waals surface area contributed by atoms with Gasteiger partial charge in [-0.3, -0.25) is 19.1 Å². The molecular formula is C24H28N6O2S. The summed E-state index contributed by atoms with van der Waals surface area (Å²) < 4.78 is 2.21. The van der Waals surface area contributed by atoms with Crippen LogP contribution in [-0.4, -0.2) is 37.3 Å². The van der Waals surface area contributed by atoms with Crippen molar-refractivity contribution in [2.24, 2.45) is 5.92 Å². The van der Waals surface area contributed by atoms with E-state index in [0.717, 1.165) is 23.0 Å². The number of benzene rings is 1. The quantitative estimate of drug-likeness (QED) is 0.488. The largest absolute Gasteiger partial charge is 0.326 e. The smallest absolute Gasteiger partial charge is 0.234 e. The first-order valence-electron chi connectivity index (χ1n) is 11.2.